The number of carbonyl (C=O) groups excluding carboxylic acids is 1. The molecule has 4 aromatic rings. The van der Waals surface area contributed by atoms with Gasteiger partial charge >= 0.3 is 0 Å². The van der Waals surface area contributed by atoms with Crippen molar-refractivity contribution >= 4 is 40.2 Å². The van der Waals surface area contributed by atoms with Crippen LogP contribution in [0, 0.1) is 0 Å². The fourth-order valence-corrected chi connectivity index (χ4v) is 4.65. The number of hydrogen-bond acceptors (Lipinski definition) is 6. The predicted octanol–water partition coefficient (Wildman–Crippen LogP) is 6.05. The third-order valence-electron chi connectivity index (χ3n) is 6.33. The number of thioether (sulfide) groups is 1. The maximum absolute atomic E-state index is 12.9. The fourth-order valence-electron chi connectivity index (χ4n) is 4.08. The van der Waals surface area contributed by atoms with Crippen LogP contribution < -0.4 is 10.2 Å². The molecule has 0 aliphatic rings. The van der Waals surface area contributed by atoms with Crippen LogP contribution in [0.3, 0.4) is 0 Å². The van der Waals surface area contributed by atoms with E-state index in [0.717, 1.165) is 59.2 Å². The van der Waals surface area contributed by atoms with E-state index in [2.05, 4.69) is 48.1 Å². The van der Waals surface area contributed by atoms with Crippen LogP contribution in [0.1, 0.15) is 24.2 Å². The van der Waals surface area contributed by atoms with Crippen molar-refractivity contribution in [1.82, 2.24) is 14.9 Å². The molecule has 7 heteroatoms. The Morgan fingerprint density at radius 2 is 1.56 bits per heavy atom. The van der Waals surface area contributed by atoms with Crippen LogP contribution in [0.4, 0.5) is 11.5 Å². The Morgan fingerprint density at radius 3 is 2.22 bits per heavy atom. The summed E-state index contributed by atoms with van der Waals surface area (Å²) in [4.78, 5) is 27.2. The van der Waals surface area contributed by atoms with E-state index in [4.69, 9.17) is 9.97 Å². The SMILES string of the molecule is CCN(CC)CCN(C)c1nc2ccc(NC(=O)c3ccc(-c4ccccc4)cc3)cc2nc1SC. The summed E-state index contributed by atoms with van der Waals surface area (Å²) >= 11 is 1.58. The van der Waals surface area contributed by atoms with Crippen LogP contribution in [-0.4, -0.2) is 60.3 Å². The molecule has 0 bridgehead atoms. The number of amides is 1. The first kappa shape index (κ1) is 25.7. The number of fused-ring (bicyclic) bond motifs is 1. The fraction of sp³-hybridized carbons (Fsp3) is 0.276. The molecule has 0 fully saturated rings. The highest BCUT2D eigenvalue weighted by molar-refractivity contribution is 7.98. The van der Waals surface area contributed by atoms with Crippen molar-refractivity contribution in [3.8, 4) is 11.1 Å². The number of hydrogen-bond donors (Lipinski definition) is 1. The molecule has 186 valence electrons. The molecule has 4 rings (SSSR count). The average molecular weight is 500 g/mol. The third kappa shape index (κ3) is 6.04. The largest absolute Gasteiger partial charge is 0.356 e. The van der Waals surface area contributed by atoms with Gasteiger partial charge in [0.1, 0.15) is 5.03 Å². The first-order valence-electron chi connectivity index (χ1n) is 12.3. The molecule has 0 spiro atoms. The van der Waals surface area contributed by atoms with Crippen molar-refractivity contribution < 1.29 is 4.79 Å². The number of carbonyl (C=O) groups is 1. The van der Waals surface area contributed by atoms with E-state index in [9.17, 15) is 4.79 Å². The van der Waals surface area contributed by atoms with E-state index in [1.165, 1.54) is 0 Å². The number of anilines is 2. The van der Waals surface area contributed by atoms with Gasteiger partial charge in [-0.05, 0) is 60.8 Å². The van der Waals surface area contributed by atoms with Crippen LogP contribution in [0.5, 0.6) is 0 Å². The number of aromatic nitrogens is 2. The van der Waals surface area contributed by atoms with Gasteiger partial charge in [-0.25, -0.2) is 9.97 Å². The van der Waals surface area contributed by atoms with Gasteiger partial charge in [-0.3, -0.25) is 4.79 Å². The average Bonchev–Trinajstić information content (AvgIpc) is 2.93. The Kier molecular flexibility index (Phi) is 8.57. The van der Waals surface area contributed by atoms with Crippen LogP contribution in [-0.2, 0) is 0 Å². The van der Waals surface area contributed by atoms with Gasteiger partial charge in [0, 0.05) is 31.4 Å². The summed E-state index contributed by atoms with van der Waals surface area (Å²) < 4.78 is 0. The second kappa shape index (κ2) is 12.0. The van der Waals surface area contributed by atoms with Crippen molar-refractivity contribution in [2.45, 2.75) is 18.9 Å². The van der Waals surface area contributed by atoms with Gasteiger partial charge in [0.2, 0.25) is 0 Å². The molecular formula is C29H33N5OS. The van der Waals surface area contributed by atoms with Gasteiger partial charge < -0.3 is 15.1 Å². The minimum Gasteiger partial charge on any atom is -0.356 e. The highest BCUT2D eigenvalue weighted by atomic mass is 32.2. The van der Waals surface area contributed by atoms with Crippen LogP contribution in [0.25, 0.3) is 22.2 Å². The molecule has 3 aromatic carbocycles. The van der Waals surface area contributed by atoms with Crippen LogP contribution in [0.2, 0.25) is 0 Å². The number of likely N-dealkylation sites (N-methyl/N-ethyl adjacent to an activating group) is 2. The Morgan fingerprint density at radius 1 is 0.861 bits per heavy atom. The second-order valence-electron chi connectivity index (χ2n) is 8.61. The van der Waals surface area contributed by atoms with Gasteiger partial charge in [-0.2, -0.15) is 0 Å². The van der Waals surface area contributed by atoms with E-state index < -0.39 is 0 Å². The maximum Gasteiger partial charge on any atom is 0.255 e. The zero-order valence-electron chi connectivity index (χ0n) is 21.4. The van der Waals surface area contributed by atoms with Gasteiger partial charge in [0.05, 0.1) is 11.0 Å². The molecule has 0 saturated carbocycles. The standard InChI is InChI=1S/C29H33N5OS/c1-5-34(6-2)19-18-33(3)27-29(36-4)32-26-20-24(16-17-25(26)31-27)30-28(35)23-14-12-22(13-15-23)21-10-8-7-9-11-21/h7-17,20H,5-6,18-19H2,1-4H3,(H,30,35). The molecule has 6 nitrogen and oxygen atoms in total. The van der Waals surface area contributed by atoms with Crippen molar-refractivity contribution in [3.63, 3.8) is 0 Å². The van der Waals surface area contributed by atoms with Crippen molar-refractivity contribution in [2.75, 3.05) is 49.7 Å². The highest BCUT2D eigenvalue weighted by Crippen LogP contribution is 2.28. The summed E-state index contributed by atoms with van der Waals surface area (Å²) in [6.07, 6.45) is 2.02. The van der Waals surface area contributed by atoms with E-state index in [1.807, 2.05) is 66.9 Å². The normalized spacial score (nSPS) is 11.1. The smallest absolute Gasteiger partial charge is 0.255 e. The van der Waals surface area contributed by atoms with Gasteiger partial charge in [0.25, 0.3) is 5.91 Å². The first-order valence-corrected chi connectivity index (χ1v) is 13.5. The molecule has 0 aliphatic heterocycles. The molecule has 36 heavy (non-hydrogen) atoms. The van der Waals surface area contributed by atoms with E-state index in [1.54, 1.807) is 11.8 Å². The first-order chi connectivity index (χ1) is 17.5. The second-order valence-corrected chi connectivity index (χ2v) is 9.40. The Bertz CT molecular complexity index is 1310. The molecule has 1 aromatic heterocycles. The molecule has 0 radical (unpaired) electrons. The summed E-state index contributed by atoms with van der Waals surface area (Å²) in [5.41, 5.74) is 5.08. The van der Waals surface area contributed by atoms with Gasteiger partial charge in [-0.15, -0.1) is 11.8 Å². The molecular weight excluding hydrogens is 466 g/mol. The molecule has 1 amide bonds. The lowest BCUT2D eigenvalue weighted by Crippen LogP contribution is -2.33. The molecule has 0 aliphatic carbocycles. The van der Waals surface area contributed by atoms with Crippen LogP contribution >= 0.6 is 11.8 Å². The van der Waals surface area contributed by atoms with E-state index in [0.29, 0.717) is 11.3 Å². The van der Waals surface area contributed by atoms with E-state index >= 15 is 0 Å². The summed E-state index contributed by atoms with van der Waals surface area (Å²) in [5, 5.41) is 3.88. The minimum absolute atomic E-state index is 0.153. The summed E-state index contributed by atoms with van der Waals surface area (Å²) in [6.45, 7) is 8.30. The number of benzene rings is 3. The molecule has 0 unspecified atom stereocenters. The topological polar surface area (TPSA) is 61.4 Å². The number of nitrogens with one attached hydrogen (secondary N) is 1. The molecule has 1 heterocycles. The quantitative estimate of drug-likeness (QED) is 0.268. The maximum atomic E-state index is 12.9. The Labute approximate surface area is 217 Å². The molecule has 0 saturated heterocycles. The summed E-state index contributed by atoms with van der Waals surface area (Å²) in [6, 6.07) is 23.5. The zero-order chi connectivity index (χ0) is 25.5. The molecule has 1 N–H and O–H groups in total. The monoisotopic (exact) mass is 499 g/mol. The van der Waals surface area contributed by atoms with Crippen molar-refractivity contribution in [2.24, 2.45) is 0 Å². The van der Waals surface area contributed by atoms with E-state index in [-0.39, 0.29) is 5.91 Å². The van der Waals surface area contributed by atoms with Crippen LogP contribution in [0.15, 0.2) is 77.8 Å². The van der Waals surface area contributed by atoms with Crippen molar-refractivity contribution in [3.05, 3.63) is 78.4 Å². The summed E-state index contributed by atoms with van der Waals surface area (Å²) in [5.74, 6) is 0.734. The predicted molar refractivity (Wildman–Crippen MR) is 152 cm³/mol. The lowest BCUT2D eigenvalue weighted by Gasteiger charge is -2.25. The lowest BCUT2D eigenvalue weighted by molar-refractivity contribution is 0.102. The molecule has 0 atom stereocenters. The summed E-state index contributed by atoms with van der Waals surface area (Å²) in [7, 11) is 2.07. The number of rotatable bonds is 10. The van der Waals surface area contributed by atoms with Gasteiger partial charge in [-0.1, -0.05) is 56.3 Å². The highest BCUT2D eigenvalue weighted by Gasteiger charge is 2.14. The minimum atomic E-state index is -0.153. The lowest BCUT2D eigenvalue weighted by atomic mass is 10.0. The Hall–Kier alpha value is -3.42. The van der Waals surface area contributed by atoms with Crippen molar-refractivity contribution in [1.29, 1.82) is 0 Å². The number of nitrogens with zero attached hydrogens (tertiary/aromatic N) is 4. The zero-order valence-corrected chi connectivity index (χ0v) is 22.2. The van der Waals surface area contributed by atoms with Gasteiger partial charge in [0.15, 0.2) is 5.82 Å². The third-order valence-corrected chi connectivity index (χ3v) is 6.99. The Balaban J connectivity index is 1.49.